The van der Waals surface area contributed by atoms with Gasteiger partial charge < -0.3 is 14.8 Å². The van der Waals surface area contributed by atoms with E-state index >= 15 is 0 Å². The average molecular weight is 342 g/mol. The molecule has 0 radical (unpaired) electrons. The minimum atomic E-state index is -1.02. The molecule has 0 aromatic carbocycles. The fourth-order valence-electron chi connectivity index (χ4n) is 2.01. The van der Waals surface area contributed by atoms with E-state index in [0.29, 0.717) is 28.5 Å². The van der Waals surface area contributed by atoms with Gasteiger partial charge in [0.1, 0.15) is 11.7 Å². The van der Waals surface area contributed by atoms with Crippen LogP contribution < -0.4 is 5.32 Å². The number of hydrogen-bond acceptors (Lipinski definition) is 4. The van der Waals surface area contributed by atoms with Crippen molar-refractivity contribution in [3.63, 3.8) is 0 Å². The van der Waals surface area contributed by atoms with Gasteiger partial charge in [0.25, 0.3) is 0 Å². The Hall–Kier alpha value is -1.73. The Balaban J connectivity index is 2.01. The van der Waals surface area contributed by atoms with Crippen molar-refractivity contribution in [2.24, 2.45) is 0 Å². The summed E-state index contributed by atoms with van der Waals surface area (Å²) in [4.78, 5) is 27.4. The topological polar surface area (TPSA) is 83.7 Å². The van der Waals surface area contributed by atoms with Gasteiger partial charge in [-0.25, -0.2) is 9.78 Å². The van der Waals surface area contributed by atoms with E-state index in [1.807, 2.05) is 6.26 Å². The number of aliphatic carboxylic acids is 1. The molecule has 8 heteroatoms. The minimum absolute atomic E-state index is 0.0301. The molecule has 0 aliphatic rings. The predicted octanol–water partition coefficient (Wildman–Crippen LogP) is 1.85. The highest BCUT2D eigenvalue weighted by atomic mass is 35.5. The molecule has 0 saturated carbocycles. The third kappa shape index (κ3) is 4.38. The number of fused-ring (bicyclic) bond motifs is 1. The number of pyridine rings is 1. The molecule has 0 saturated heterocycles. The number of carboxylic acid groups (broad SMARTS) is 1. The number of nitrogens with one attached hydrogen (secondary N) is 1. The van der Waals surface area contributed by atoms with Crippen LogP contribution in [0.15, 0.2) is 24.5 Å². The normalized spacial score (nSPS) is 12.3. The number of thioether (sulfide) groups is 1. The van der Waals surface area contributed by atoms with E-state index in [0.717, 1.165) is 0 Å². The van der Waals surface area contributed by atoms with Gasteiger partial charge in [-0.05, 0) is 30.6 Å². The van der Waals surface area contributed by atoms with Crippen molar-refractivity contribution in [2.45, 2.75) is 18.9 Å². The molecule has 2 heterocycles. The van der Waals surface area contributed by atoms with E-state index in [2.05, 4.69) is 10.3 Å². The van der Waals surface area contributed by atoms with Gasteiger partial charge in [0.15, 0.2) is 0 Å². The monoisotopic (exact) mass is 341 g/mol. The van der Waals surface area contributed by atoms with Crippen LogP contribution >= 0.6 is 23.4 Å². The van der Waals surface area contributed by atoms with E-state index in [1.165, 1.54) is 11.8 Å². The fourth-order valence-corrected chi connectivity index (χ4v) is 2.64. The van der Waals surface area contributed by atoms with Crippen molar-refractivity contribution >= 4 is 40.9 Å². The molecule has 118 valence electrons. The smallest absolute Gasteiger partial charge is 0.326 e. The van der Waals surface area contributed by atoms with Gasteiger partial charge >= 0.3 is 5.97 Å². The summed E-state index contributed by atoms with van der Waals surface area (Å²) in [5.41, 5.74) is 1.25. The summed E-state index contributed by atoms with van der Waals surface area (Å²) in [5.74, 6) is -0.711. The fraction of sp³-hybridized carbons (Fsp3) is 0.357. The number of rotatable bonds is 7. The lowest BCUT2D eigenvalue weighted by molar-refractivity contribution is -0.141. The largest absolute Gasteiger partial charge is 0.480 e. The summed E-state index contributed by atoms with van der Waals surface area (Å²) >= 11 is 7.43. The maximum absolute atomic E-state index is 12.0. The summed E-state index contributed by atoms with van der Waals surface area (Å²) in [7, 11) is 0. The molecule has 2 aromatic heterocycles. The first-order valence-corrected chi connectivity index (χ1v) is 8.41. The number of hydrogen-bond donors (Lipinski definition) is 2. The van der Waals surface area contributed by atoms with Crippen molar-refractivity contribution in [2.75, 3.05) is 12.0 Å². The lowest BCUT2D eigenvalue weighted by Gasteiger charge is -2.13. The number of amides is 1. The summed E-state index contributed by atoms with van der Waals surface area (Å²) in [6.07, 6.45) is 5.72. The molecule has 0 aliphatic carbocycles. The number of aromatic nitrogens is 2. The van der Waals surface area contributed by atoms with Crippen molar-refractivity contribution in [1.29, 1.82) is 0 Å². The highest BCUT2D eigenvalue weighted by Gasteiger charge is 2.20. The zero-order chi connectivity index (χ0) is 16.1. The Bertz CT molecular complexity index is 689. The molecule has 0 fully saturated rings. The zero-order valence-electron chi connectivity index (χ0n) is 12.0. The Morgan fingerprint density at radius 2 is 2.23 bits per heavy atom. The Kier molecular flexibility index (Phi) is 5.68. The average Bonchev–Trinajstić information content (AvgIpc) is 2.84. The molecule has 0 aliphatic heterocycles. The number of carboxylic acids is 1. The quantitative estimate of drug-likeness (QED) is 0.803. The van der Waals surface area contributed by atoms with Crippen LogP contribution in [0.3, 0.4) is 0 Å². The number of carbonyl (C=O) groups is 2. The number of nitrogens with zero attached hydrogens (tertiary/aromatic N) is 2. The standard InChI is InChI=1S/C14H16ClN3O3S/c1-22-5-4-11(14(20)21)17-13(19)6-10-8-18-7-9(15)2-3-12(18)16-10/h2-3,7-8,11H,4-6H2,1H3,(H,17,19)(H,20,21). The van der Waals surface area contributed by atoms with Crippen molar-refractivity contribution in [3.05, 3.63) is 35.2 Å². The van der Waals surface area contributed by atoms with Gasteiger partial charge in [0, 0.05) is 12.4 Å². The molecule has 1 atom stereocenters. The lowest BCUT2D eigenvalue weighted by Crippen LogP contribution is -2.41. The van der Waals surface area contributed by atoms with Crippen molar-refractivity contribution in [1.82, 2.24) is 14.7 Å². The minimum Gasteiger partial charge on any atom is -0.480 e. The number of imidazole rings is 1. The molecule has 0 bridgehead atoms. The molecule has 6 nitrogen and oxygen atoms in total. The van der Waals surface area contributed by atoms with Crippen LogP contribution in [-0.4, -0.2) is 44.4 Å². The number of carbonyl (C=O) groups excluding carboxylic acids is 1. The van der Waals surface area contributed by atoms with Crippen LogP contribution in [0, 0.1) is 0 Å². The SMILES string of the molecule is CSCCC(NC(=O)Cc1cn2cc(Cl)ccc2n1)C(=O)O. The van der Waals surface area contributed by atoms with Gasteiger partial charge in [-0.15, -0.1) is 0 Å². The van der Waals surface area contributed by atoms with Gasteiger partial charge in [0.2, 0.25) is 5.91 Å². The van der Waals surface area contributed by atoms with Crippen LogP contribution in [0.5, 0.6) is 0 Å². The molecule has 22 heavy (non-hydrogen) atoms. The van der Waals surface area contributed by atoms with Crippen molar-refractivity contribution in [3.8, 4) is 0 Å². The first-order chi connectivity index (χ1) is 10.5. The molecule has 2 N–H and O–H groups in total. The van der Waals surface area contributed by atoms with Gasteiger partial charge in [-0.1, -0.05) is 11.6 Å². The summed E-state index contributed by atoms with van der Waals surface area (Å²) in [5, 5.41) is 12.2. The number of halogens is 1. The van der Waals surface area contributed by atoms with E-state index in [-0.39, 0.29) is 12.3 Å². The summed E-state index contributed by atoms with van der Waals surface area (Å²) < 4.78 is 1.73. The Morgan fingerprint density at radius 1 is 1.45 bits per heavy atom. The van der Waals surface area contributed by atoms with Crippen LogP contribution in [-0.2, 0) is 16.0 Å². The molecule has 1 unspecified atom stereocenters. The van der Waals surface area contributed by atoms with Crippen LogP contribution in [0.1, 0.15) is 12.1 Å². The Labute approximate surface area is 136 Å². The third-order valence-corrected chi connectivity index (χ3v) is 3.92. The third-order valence-electron chi connectivity index (χ3n) is 3.05. The molecular weight excluding hydrogens is 326 g/mol. The molecule has 0 spiro atoms. The second kappa shape index (κ2) is 7.51. The maximum atomic E-state index is 12.0. The second-order valence-electron chi connectivity index (χ2n) is 4.76. The summed E-state index contributed by atoms with van der Waals surface area (Å²) in [6, 6.07) is 2.60. The first-order valence-electron chi connectivity index (χ1n) is 6.64. The van der Waals surface area contributed by atoms with Crippen molar-refractivity contribution < 1.29 is 14.7 Å². The zero-order valence-corrected chi connectivity index (χ0v) is 13.5. The van der Waals surface area contributed by atoms with Crippen LogP contribution in [0.4, 0.5) is 0 Å². The van der Waals surface area contributed by atoms with Gasteiger partial charge in [0.05, 0.1) is 17.1 Å². The lowest BCUT2D eigenvalue weighted by atomic mass is 10.2. The van der Waals surface area contributed by atoms with E-state index in [1.54, 1.807) is 28.9 Å². The van der Waals surface area contributed by atoms with Gasteiger partial charge in [-0.2, -0.15) is 11.8 Å². The molecule has 2 rings (SSSR count). The van der Waals surface area contributed by atoms with E-state index in [4.69, 9.17) is 16.7 Å². The Morgan fingerprint density at radius 3 is 2.91 bits per heavy atom. The van der Waals surface area contributed by atoms with Gasteiger partial charge in [-0.3, -0.25) is 4.79 Å². The highest BCUT2D eigenvalue weighted by molar-refractivity contribution is 7.98. The summed E-state index contributed by atoms with van der Waals surface area (Å²) in [6.45, 7) is 0. The highest BCUT2D eigenvalue weighted by Crippen LogP contribution is 2.12. The molecule has 2 aromatic rings. The maximum Gasteiger partial charge on any atom is 0.326 e. The first kappa shape index (κ1) is 16.6. The van der Waals surface area contributed by atoms with Crippen LogP contribution in [0.25, 0.3) is 5.65 Å². The predicted molar refractivity (Wildman–Crippen MR) is 86.5 cm³/mol. The van der Waals surface area contributed by atoms with E-state index < -0.39 is 12.0 Å². The van der Waals surface area contributed by atoms with E-state index in [9.17, 15) is 9.59 Å². The second-order valence-corrected chi connectivity index (χ2v) is 6.18. The molecular formula is C14H16ClN3O3S. The van der Waals surface area contributed by atoms with Crippen LogP contribution in [0.2, 0.25) is 5.02 Å². The molecule has 1 amide bonds.